The fraction of sp³-hybridized carbons (Fsp3) is 0.286. The lowest BCUT2D eigenvalue weighted by atomic mass is 10.3. The minimum atomic E-state index is -0.918. The van der Waals surface area contributed by atoms with E-state index >= 15 is 0 Å². The molecule has 0 unspecified atom stereocenters. The zero-order chi connectivity index (χ0) is 14.3. The Morgan fingerprint density at radius 2 is 2.00 bits per heavy atom. The van der Waals surface area contributed by atoms with Gasteiger partial charge in [-0.2, -0.15) is 0 Å². The molecule has 0 saturated heterocycles. The number of esters is 1. The first-order chi connectivity index (χ1) is 9.02. The molecule has 1 amide bonds. The molecule has 0 bridgehead atoms. The third-order valence-electron chi connectivity index (χ3n) is 2.26. The van der Waals surface area contributed by atoms with Crippen LogP contribution < -0.4 is 5.32 Å². The molecular weight excluding hydrogens is 249 g/mol. The summed E-state index contributed by atoms with van der Waals surface area (Å²) in [4.78, 5) is 23.0. The zero-order valence-electron chi connectivity index (χ0n) is 10.9. The highest BCUT2D eigenvalue weighted by Crippen LogP contribution is 2.09. The SMILES string of the molecule is CC/C=C/C(=O)O[C@H](C)C(=O)Nc1ccc(F)cc1. The van der Waals surface area contributed by atoms with Crippen LogP contribution in [0.1, 0.15) is 20.3 Å². The first-order valence-corrected chi connectivity index (χ1v) is 5.96. The number of nitrogens with one attached hydrogen (secondary N) is 1. The summed E-state index contributed by atoms with van der Waals surface area (Å²) in [5, 5.41) is 2.52. The summed E-state index contributed by atoms with van der Waals surface area (Å²) in [6.07, 6.45) is 2.72. The Bertz CT molecular complexity index is 468. The van der Waals surface area contributed by atoms with Gasteiger partial charge < -0.3 is 10.1 Å². The molecule has 1 rings (SSSR count). The van der Waals surface area contributed by atoms with Crippen molar-refractivity contribution in [2.75, 3.05) is 5.32 Å². The molecule has 0 aromatic heterocycles. The highest BCUT2D eigenvalue weighted by Gasteiger charge is 2.16. The van der Waals surface area contributed by atoms with Gasteiger partial charge in [0.15, 0.2) is 6.10 Å². The number of amides is 1. The molecule has 102 valence electrons. The van der Waals surface area contributed by atoms with Crippen LogP contribution in [0.4, 0.5) is 10.1 Å². The van der Waals surface area contributed by atoms with Gasteiger partial charge in [-0.05, 0) is 37.6 Å². The molecule has 0 spiro atoms. The van der Waals surface area contributed by atoms with Gasteiger partial charge in [0.25, 0.3) is 5.91 Å². The van der Waals surface area contributed by atoms with Crippen molar-refractivity contribution in [3.63, 3.8) is 0 Å². The molecule has 1 atom stereocenters. The second kappa shape index (κ2) is 7.31. The summed E-state index contributed by atoms with van der Waals surface area (Å²) >= 11 is 0. The third-order valence-corrected chi connectivity index (χ3v) is 2.26. The van der Waals surface area contributed by atoms with Crippen LogP contribution >= 0.6 is 0 Å². The largest absolute Gasteiger partial charge is 0.449 e. The topological polar surface area (TPSA) is 55.4 Å². The van der Waals surface area contributed by atoms with Crippen molar-refractivity contribution in [1.29, 1.82) is 0 Å². The van der Waals surface area contributed by atoms with E-state index in [0.29, 0.717) is 12.1 Å². The Labute approximate surface area is 111 Å². The predicted molar refractivity (Wildman–Crippen MR) is 70.0 cm³/mol. The number of hydrogen-bond acceptors (Lipinski definition) is 3. The zero-order valence-corrected chi connectivity index (χ0v) is 10.9. The van der Waals surface area contributed by atoms with Crippen LogP contribution in [0.15, 0.2) is 36.4 Å². The lowest BCUT2D eigenvalue weighted by Gasteiger charge is -2.12. The van der Waals surface area contributed by atoms with Crippen LogP contribution in [0, 0.1) is 5.82 Å². The van der Waals surface area contributed by atoms with Gasteiger partial charge in [0, 0.05) is 11.8 Å². The predicted octanol–water partition coefficient (Wildman–Crippen LogP) is 2.66. The smallest absolute Gasteiger partial charge is 0.331 e. The van der Waals surface area contributed by atoms with Gasteiger partial charge in [0.1, 0.15) is 5.82 Å². The molecule has 0 heterocycles. The lowest BCUT2D eigenvalue weighted by molar-refractivity contribution is -0.148. The van der Waals surface area contributed by atoms with E-state index in [1.54, 1.807) is 6.08 Å². The van der Waals surface area contributed by atoms with E-state index in [4.69, 9.17) is 4.74 Å². The molecule has 0 fully saturated rings. The van der Waals surface area contributed by atoms with Gasteiger partial charge in [0.2, 0.25) is 0 Å². The number of rotatable bonds is 5. The number of halogens is 1. The minimum Gasteiger partial charge on any atom is -0.449 e. The van der Waals surface area contributed by atoms with Gasteiger partial charge in [-0.25, -0.2) is 9.18 Å². The maximum atomic E-state index is 12.7. The molecule has 19 heavy (non-hydrogen) atoms. The van der Waals surface area contributed by atoms with Crippen LogP contribution in [0.25, 0.3) is 0 Å². The first-order valence-electron chi connectivity index (χ1n) is 5.96. The number of anilines is 1. The Balaban J connectivity index is 2.51. The summed E-state index contributed by atoms with van der Waals surface area (Å²) in [6, 6.07) is 5.32. The van der Waals surface area contributed by atoms with Gasteiger partial charge in [-0.3, -0.25) is 4.79 Å². The molecule has 0 aliphatic heterocycles. The fourth-order valence-electron chi connectivity index (χ4n) is 1.26. The van der Waals surface area contributed by atoms with E-state index in [0.717, 1.165) is 0 Å². The van der Waals surface area contributed by atoms with Crippen molar-refractivity contribution >= 4 is 17.6 Å². The normalized spacial score (nSPS) is 12.2. The molecule has 0 aliphatic rings. The second-order valence-electron chi connectivity index (χ2n) is 3.89. The average molecular weight is 265 g/mol. The fourth-order valence-corrected chi connectivity index (χ4v) is 1.26. The van der Waals surface area contributed by atoms with Crippen LogP contribution in [0.5, 0.6) is 0 Å². The van der Waals surface area contributed by atoms with Gasteiger partial charge in [0.05, 0.1) is 0 Å². The van der Waals surface area contributed by atoms with Crippen molar-refractivity contribution in [2.45, 2.75) is 26.4 Å². The standard InChI is InChI=1S/C14H16FNO3/c1-3-4-5-13(17)19-10(2)14(18)16-12-8-6-11(15)7-9-12/h4-10H,3H2,1-2H3,(H,16,18)/b5-4+/t10-/m1/s1. The molecule has 0 aliphatic carbocycles. The molecule has 1 N–H and O–H groups in total. The quantitative estimate of drug-likeness (QED) is 0.657. The summed E-state index contributed by atoms with van der Waals surface area (Å²) in [6.45, 7) is 3.35. The number of benzene rings is 1. The summed E-state index contributed by atoms with van der Waals surface area (Å²) in [5.74, 6) is -1.42. The number of ether oxygens (including phenoxy) is 1. The highest BCUT2D eigenvalue weighted by atomic mass is 19.1. The number of carbonyl (C=O) groups excluding carboxylic acids is 2. The van der Waals surface area contributed by atoms with E-state index in [-0.39, 0.29) is 5.82 Å². The van der Waals surface area contributed by atoms with Crippen molar-refractivity contribution in [3.8, 4) is 0 Å². The highest BCUT2D eigenvalue weighted by molar-refractivity contribution is 5.95. The number of allylic oxidation sites excluding steroid dienone is 1. The number of carbonyl (C=O) groups is 2. The van der Waals surface area contributed by atoms with E-state index in [9.17, 15) is 14.0 Å². The molecule has 0 radical (unpaired) electrons. The summed E-state index contributed by atoms with van der Waals surface area (Å²) in [5.41, 5.74) is 0.443. The van der Waals surface area contributed by atoms with E-state index in [1.165, 1.54) is 37.3 Å². The van der Waals surface area contributed by atoms with Crippen molar-refractivity contribution < 1.29 is 18.7 Å². The van der Waals surface area contributed by atoms with Gasteiger partial charge in [-0.1, -0.05) is 13.0 Å². The van der Waals surface area contributed by atoms with Crippen molar-refractivity contribution in [3.05, 3.63) is 42.2 Å². The first kappa shape index (κ1) is 14.9. The van der Waals surface area contributed by atoms with Crippen LogP contribution in [-0.2, 0) is 14.3 Å². The third kappa shape index (κ3) is 5.33. The maximum absolute atomic E-state index is 12.7. The Kier molecular flexibility index (Phi) is 5.73. The molecule has 0 saturated carbocycles. The Hall–Kier alpha value is -2.17. The van der Waals surface area contributed by atoms with E-state index in [2.05, 4.69) is 5.32 Å². The molecule has 5 heteroatoms. The van der Waals surface area contributed by atoms with Crippen molar-refractivity contribution in [1.82, 2.24) is 0 Å². The van der Waals surface area contributed by atoms with Crippen LogP contribution in [0.3, 0.4) is 0 Å². The monoisotopic (exact) mass is 265 g/mol. The van der Waals surface area contributed by atoms with Crippen LogP contribution in [-0.4, -0.2) is 18.0 Å². The summed E-state index contributed by atoms with van der Waals surface area (Å²) < 4.78 is 17.6. The molecule has 4 nitrogen and oxygen atoms in total. The van der Waals surface area contributed by atoms with E-state index < -0.39 is 18.0 Å². The average Bonchev–Trinajstić information content (AvgIpc) is 2.39. The number of hydrogen-bond donors (Lipinski definition) is 1. The maximum Gasteiger partial charge on any atom is 0.331 e. The lowest BCUT2D eigenvalue weighted by Crippen LogP contribution is -2.29. The molecule has 1 aromatic rings. The molecular formula is C14H16FNO3. The Morgan fingerprint density at radius 3 is 2.58 bits per heavy atom. The molecule has 1 aromatic carbocycles. The van der Waals surface area contributed by atoms with Gasteiger partial charge >= 0.3 is 5.97 Å². The second-order valence-corrected chi connectivity index (χ2v) is 3.89. The minimum absolute atomic E-state index is 0.387. The van der Waals surface area contributed by atoms with Crippen LogP contribution in [0.2, 0.25) is 0 Å². The van der Waals surface area contributed by atoms with Crippen molar-refractivity contribution in [2.24, 2.45) is 0 Å². The van der Waals surface area contributed by atoms with E-state index in [1.807, 2.05) is 6.92 Å². The summed E-state index contributed by atoms with van der Waals surface area (Å²) in [7, 11) is 0. The Morgan fingerprint density at radius 1 is 1.37 bits per heavy atom. The van der Waals surface area contributed by atoms with Gasteiger partial charge in [-0.15, -0.1) is 0 Å².